The Labute approximate surface area is 109 Å². The van der Waals surface area contributed by atoms with E-state index in [1.54, 1.807) is 12.1 Å². The van der Waals surface area contributed by atoms with E-state index in [-0.39, 0.29) is 22.9 Å². The number of hydrogen-bond donors (Lipinski definition) is 2. The second-order valence-corrected chi connectivity index (χ2v) is 6.31. The Bertz CT molecular complexity index is 481. The van der Waals surface area contributed by atoms with Gasteiger partial charge in [0.1, 0.15) is 0 Å². The van der Waals surface area contributed by atoms with Crippen LogP contribution in [0.25, 0.3) is 0 Å². The molecule has 0 spiro atoms. The molecule has 0 aliphatic rings. The molecule has 1 rings (SSSR count). The van der Waals surface area contributed by atoms with E-state index in [9.17, 15) is 17.2 Å². The zero-order valence-electron chi connectivity index (χ0n) is 9.47. The summed E-state index contributed by atoms with van der Waals surface area (Å²) in [6, 6.07) is 6.04. The summed E-state index contributed by atoms with van der Waals surface area (Å²) in [5.74, 6) is -2.73. The van der Waals surface area contributed by atoms with Gasteiger partial charge < -0.3 is 5.73 Å². The number of hydrogen-bond acceptors (Lipinski definition) is 4. The fourth-order valence-corrected chi connectivity index (χ4v) is 3.06. The Balaban J connectivity index is 2.83. The summed E-state index contributed by atoms with van der Waals surface area (Å²) in [4.78, 5) is 0.198. The minimum Gasteiger partial charge on any atom is -0.330 e. The van der Waals surface area contributed by atoms with Crippen molar-refractivity contribution >= 4 is 27.5 Å². The van der Waals surface area contributed by atoms with Crippen molar-refractivity contribution in [1.82, 2.24) is 0 Å². The number of rotatable bonds is 7. The molecule has 0 atom stereocenters. The minimum absolute atomic E-state index is 0.128. The van der Waals surface area contributed by atoms with Gasteiger partial charge in [0.15, 0.2) is 0 Å². The fourth-order valence-electron chi connectivity index (χ4n) is 1.24. The predicted octanol–water partition coefficient (Wildman–Crippen LogP) is 2.09. The van der Waals surface area contributed by atoms with Crippen molar-refractivity contribution in [1.29, 1.82) is 0 Å². The molecule has 102 valence electrons. The van der Waals surface area contributed by atoms with Crippen LogP contribution in [0, 0.1) is 0 Å². The first-order valence-electron chi connectivity index (χ1n) is 5.19. The third-order valence-corrected chi connectivity index (χ3v) is 4.13. The van der Waals surface area contributed by atoms with Crippen LogP contribution in [0.1, 0.15) is 6.42 Å². The van der Waals surface area contributed by atoms with Crippen molar-refractivity contribution in [2.24, 2.45) is 5.73 Å². The highest BCUT2D eigenvalue weighted by Gasteiger charge is 2.14. The molecule has 0 aromatic heterocycles. The summed E-state index contributed by atoms with van der Waals surface area (Å²) in [7, 11) is -3.54. The maximum absolute atomic E-state index is 12.3. The van der Waals surface area contributed by atoms with Crippen molar-refractivity contribution < 1.29 is 17.2 Å². The van der Waals surface area contributed by atoms with Gasteiger partial charge in [0.05, 0.1) is 11.4 Å². The van der Waals surface area contributed by atoms with Crippen LogP contribution in [0.2, 0.25) is 0 Å². The first kappa shape index (κ1) is 15.2. The van der Waals surface area contributed by atoms with Gasteiger partial charge in [-0.15, -0.1) is 0 Å². The van der Waals surface area contributed by atoms with Crippen molar-refractivity contribution in [2.45, 2.75) is 17.1 Å². The molecule has 1 aromatic carbocycles. The number of halogens is 2. The Hall–Kier alpha value is -0.860. The van der Waals surface area contributed by atoms with Gasteiger partial charge in [-0.1, -0.05) is 23.9 Å². The predicted molar refractivity (Wildman–Crippen MR) is 69.4 cm³/mol. The van der Waals surface area contributed by atoms with Gasteiger partial charge in [0.2, 0.25) is 10.0 Å². The zero-order chi connectivity index (χ0) is 13.6. The third kappa shape index (κ3) is 5.19. The number of nitrogens with two attached hydrogens (primary N) is 1. The lowest BCUT2D eigenvalue weighted by Crippen LogP contribution is -2.19. The molecule has 0 bridgehead atoms. The van der Waals surface area contributed by atoms with Crippen molar-refractivity contribution in [3.8, 4) is 0 Å². The quantitative estimate of drug-likeness (QED) is 0.756. The van der Waals surface area contributed by atoms with Crippen LogP contribution in [0.5, 0.6) is 0 Å². The van der Waals surface area contributed by atoms with Crippen LogP contribution in [-0.4, -0.2) is 26.5 Å². The number of sulfonamides is 1. The molecular weight excluding hydrogens is 282 g/mol. The van der Waals surface area contributed by atoms with Gasteiger partial charge >= 0.3 is 0 Å². The van der Waals surface area contributed by atoms with E-state index in [1.165, 1.54) is 12.1 Å². The highest BCUT2D eigenvalue weighted by Crippen LogP contribution is 2.32. The molecule has 0 aliphatic heterocycles. The summed E-state index contributed by atoms with van der Waals surface area (Å²) in [5.41, 5.74) is 5.40. The minimum atomic E-state index is -3.54. The molecule has 0 heterocycles. The van der Waals surface area contributed by atoms with Crippen molar-refractivity contribution in [3.63, 3.8) is 0 Å². The molecule has 0 amide bonds. The van der Waals surface area contributed by atoms with E-state index in [0.717, 1.165) is 0 Å². The smallest absolute Gasteiger partial charge is 0.288 e. The van der Waals surface area contributed by atoms with Gasteiger partial charge in [-0.05, 0) is 25.1 Å². The lowest BCUT2D eigenvalue weighted by atomic mass is 10.3. The van der Waals surface area contributed by atoms with Crippen LogP contribution in [0.4, 0.5) is 14.5 Å². The topological polar surface area (TPSA) is 72.2 Å². The van der Waals surface area contributed by atoms with Crippen LogP contribution >= 0.6 is 11.8 Å². The van der Waals surface area contributed by atoms with E-state index < -0.39 is 15.8 Å². The summed E-state index contributed by atoms with van der Waals surface area (Å²) in [6.07, 6.45) is 0.319. The normalized spacial score (nSPS) is 11.8. The van der Waals surface area contributed by atoms with Crippen LogP contribution < -0.4 is 10.5 Å². The van der Waals surface area contributed by atoms with E-state index in [0.29, 0.717) is 18.2 Å². The molecule has 18 heavy (non-hydrogen) atoms. The average molecular weight is 296 g/mol. The van der Waals surface area contributed by atoms with E-state index >= 15 is 0 Å². The van der Waals surface area contributed by atoms with Crippen molar-refractivity contribution in [2.75, 3.05) is 17.0 Å². The van der Waals surface area contributed by atoms with E-state index in [2.05, 4.69) is 4.72 Å². The first-order chi connectivity index (χ1) is 8.44. The lowest BCUT2D eigenvalue weighted by Gasteiger charge is -2.11. The summed E-state index contributed by atoms with van der Waals surface area (Å²) in [6.45, 7) is 0.258. The third-order valence-electron chi connectivity index (χ3n) is 1.99. The Morgan fingerprint density at radius 3 is 2.61 bits per heavy atom. The number of alkyl halides is 2. The Morgan fingerprint density at radius 1 is 1.33 bits per heavy atom. The van der Waals surface area contributed by atoms with Gasteiger partial charge in [-0.25, -0.2) is 8.42 Å². The molecule has 0 unspecified atom stereocenters. The summed E-state index contributed by atoms with van der Waals surface area (Å²) >= 11 is 0.305. The number of thioether (sulfide) groups is 1. The second-order valence-electron chi connectivity index (χ2n) is 3.44. The largest absolute Gasteiger partial charge is 0.330 e. The molecule has 3 N–H and O–H groups in total. The Morgan fingerprint density at radius 2 is 2.00 bits per heavy atom. The maximum Gasteiger partial charge on any atom is 0.288 e. The van der Waals surface area contributed by atoms with E-state index in [4.69, 9.17) is 5.73 Å². The molecular formula is C10H14F2N2O2S2. The number of anilines is 1. The van der Waals surface area contributed by atoms with Crippen molar-refractivity contribution in [3.05, 3.63) is 24.3 Å². The van der Waals surface area contributed by atoms with Gasteiger partial charge in [-0.2, -0.15) is 8.78 Å². The highest BCUT2D eigenvalue weighted by atomic mass is 32.2. The van der Waals surface area contributed by atoms with Crippen LogP contribution in [-0.2, 0) is 10.0 Å². The highest BCUT2D eigenvalue weighted by molar-refractivity contribution is 7.99. The molecule has 0 saturated heterocycles. The molecule has 1 aromatic rings. The summed E-state index contributed by atoms with van der Waals surface area (Å²) < 4.78 is 50.2. The molecule has 0 saturated carbocycles. The van der Waals surface area contributed by atoms with E-state index in [1.807, 2.05) is 0 Å². The lowest BCUT2D eigenvalue weighted by molar-refractivity contribution is 0.252. The number of nitrogens with one attached hydrogen (secondary N) is 1. The SMILES string of the molecule is NCCCS(=O)(=O)Nc1ccccc1SC(F)F. The molecule has 0 aliphatic carbocycles. The second kappa shape index (κ2) is 6.91. The summed E-state index contributed by atoms with van der Waals surface area (Å²) in [5, 5.41) is 0. The number of benzene rings is 1. The Kier molecular flexibility index (Phi) is 5.83. The zero-order valence-corrected chi connectivity index (χ0v) is 11.1. The molecule has 0 radical (unpaired) electrons. The van der Waals surface area contributed by atoms with Gasteiger partial charge in [-0.3, -0.25) is 4.72 Å². The van der Waals surface area contributed by atoms with Crippen LogP contribution in [0.3, 0.4) is 0 Å². The standard InChI is InChI=1S/C10H14F2N2O2S2/c11-10(12)17-9-5-2-1-4-8(9)14-18(15,16)7-3-6-13/h1-2,4-5,10,14H,3,6-7,13H2. The fraction of sp³-hybridized carbons (Fsp3) is 0.400. The average Bonchev–Trinajstić information content (AvgIpc) is 2.28. The molecule has 8 heteroatoms. The van der Waals surface area contributed by atoms with Gasteiger partial charge in [0.25, 0.3) is 5.76 Å². The number of para-hydroxylation sites is 1. The van der Waals surface area contributed by atoms with Crippen LogP contribution in [0.15, 0.2) is 29.2 Å². The van der Waals surface area contributed by atoms with Gasteiger partial charge in [0, 0.05) is 4.90 Å². The maximum atomic E-state index is 12.3. The molecule has 0 fully saturated rings. The molecule has 4 nitrogen and oxygen atoms in total. The monoisotopic (exact) mass is 296 g/mol. The first-order valence-corrected chi connectivity index (χ1v) is 7.72.